The topological polar surface area (TPSA) is 69.3 Å². The highest BCUT2D eigenvalue weighted by Crippen LogP contribution is 2.32. The third kappa shape index (κ3) is 5.24. The van der Waals surface area contributed by atoms with Crippen molar-refractivity contribution in [2.24, 2.45) is 0 Å². The van der Waals surface area contributed by atoms with E-state index in [1.165, 1.54) is 0 Å². The largest absolute Gasteiger partial charge is 0.496 e. The molecule has 1 unspecified atom stereocenters. The lowest BCUT2D eigenvalue weighted by molar-refractivity contribution is 0.0162. The quantitative estimate of drug-likeness (QED) is 0.627. The zero-order valence-electron chi connectivity index (χ0n) is 17.4. The highest BCUT2D eigenvalue weighted by Gasteiger charge is 2.24. The molecule has 0 bridgehead atoms. The molecule has 0 aliphatic carbocycles. The fourth-order valence-electron chi connectivity index (χ4n) is 3.51. The van der Waals surface area contributed by atoms with Crippen LogP contribution >= 0.6 is 15.9 Å². The van der Waals surface area contributed by atoms with E-state index >= 15 is 0 Å². The van der Waals surface area contributed by atoms with Crippen molar-refractivity contribution in [1.82, 2.24) is 10.2 Å². The molecule has 0 radical (unpaired) electrons. The molecule has 1 saturated heterocycles. The van der Waals surface area contributed by atoms with Crippen molar-refractivity contribution in [2.45, 2.75) is 6.04 Å². The summed E-state index contributed by atoms with van der Waals surface area (Å²) in [4.78, 5) is 15.1. The minimum atomic E-state index is -0.142. The molecule has 1 N–H and O–H groups in total. The Balaban J connectivity index is 1.79. The van der Waals surface area contributed by atoms with Crippen LogP contribution in [0.4, 0.5) is 0 Å². The molecule has 1 aliphatic heterocycles. The summed E-state index contributed by atoms with van der Waals surface area (Å²) in [5.41, 5.74) is 1.61. The number of hydrogen-bond acceptors (Lipinski definition) is 6. The molecule has 1 fully saturated rings. The van der Waals surface area contributed by atoms with Gasteiger partial charge in [-0.2, -0.15) is 0 Å². The molecular formula is C22H27BrN2O5. The number of carbonyl (C=O) groups is 1. The van der Waals surface area contributed by atoms with E-state index in [1.54, 1.807) is 39.5 Å². The zero-order chi connectivity index (χ0) is 21.5. The number of rotatable bonds is 8. The number of hydrogen-bond donors (Lipinski definition) is 1. The molecule has 2 aromatic carbocycles. The zero-order valence-corrected chi connectivity index (χ0v) is 19.0. The molecule has 1 atom stereocenters. The van der Waals surface area contributed by atoms with Crippen molar-refractivity contribution in [3.63, 3.8) is 0 Å². The third-order valence-corrected chi connectivity index (χ3v) is 5.77. The summed E-state index contributed by atoms with van der Waals surface area (Å²) in [6.07, 6.45) is 0. The monoisotopic (exact) mass is 478 g/mol. The lowest BCUT2D eigenvalue weighted by Gasteiger charge is -2.35. The van der Waals surface area contributed by atoms with Crippen molar-refractivity contribution >= 4 is 21.8 Å². The summed E-state index contributed by atoms with van der Waals surface area (Å²) in [5.74, 6) is 1.88. The van der Waals surface area contributed by atoms with E-state index in [0.29, 0.717) is 42.6 Å². The average molecular weight is 479 g/mol. The van der Waals surface area contributed by atoms with E-state index in [2.05, 4.69) is 26.1 Å². The highest BCUT2D eigenvalue weighted by atomic mass is 79.9. The van der Waals surface area contributed by atoms with Crippen molar-refractivity contribution < 1.29 is 23.7 Å². The van der Waals surface area contributed by atoms with Gasteiger partial charge in [0, 0.05) is 25.2 Å². The van der Waals surface area contributed by atoms with Crippen LogP contribution in [0.2, 0.25) is 0 Å². The van der Waals surface area contributed by atoms with E-state index in [4.69, 9.17) is 18.9 Å². The molecule has 0 saturated carbocycles. The first-order valence-electron chi connectivity index (χ1n) is 9.72. The van der Waals surface area contributed by atoms with E-state index in [0.717, 1.165) is 23.1 Å². The molecule has 2 aromatic rings. The number of carbonyl (C=O) groups excluding carboxylic acids is 1. The van der Waals surface area contributed by atoms with Gasteiger partial charge in [0.1, 0.15) is 5.75 Å². The molecule has 7 nitrogen and oxygen atoms in total. The predicted molar refractivity (Wildman–Crippen MR) is 118 cm³/mol. The second-order valence-electron chi connectivity index (χ2n) is 6.84. The number of benzene rings is 2. The Morgan fingerprint density at radius 1 is 1.03 bits per heavy atom. The third-order valence-electron chi connectivity index (χ3n) is 5.15. The normalized spacial score (nSPS) is 15.3. The van der Waals surface area contributed by atoms with Gasteiger partial charge in [0.05, 0.1) is 45.1 Å². The molecule has 3 rings (SSSR count). The van der Waals surface area contributed by atoms with Gasteiger partial charge in [-0.05, 0) is 51.8 Å². The fraction of sp³-hybridized carbons (Fsp3) is 0.409. The molecule has 0 aromatic heterocycles. The van der Waals surface area contributed by atoms with E-state index < -0.39 is 0 Å². The van der Waals surface area contributed by atoms with Crippen LogP contribution in [0.5, 0.6) is 17.2 Å². The molecule has 1 amide bonds. The molecule has 0 spiro atoms. The number of ether oxygens (including phenoxy) is 4. The summed E-state index contributed by atoms with van der Waals surface area (Å²) in [5, 5.41) is 3.07. The molecular weight excluding hydrogens is 452 g/mol. The van der Waals surface area contributed by atoms with Gasteiger partial charge in [-0.3, -0.25) is 9.69 Å². The van der Waals surface area contributed by atoms with Gasteiger partial charge in [-0.1, -0.05) is 6.07 Å². The van der Waals surface area contributed by atoms with Gasteiger partial charge in [0.2, 0.25) is 0 Å². The Hall–Kier alpha value is -2.29. The molecule has 1 aliphatic rings. The maximum absolute atomic E-state index is 12.8. The average Bonchev–Trinajstić information content (AvgIpc) is 2.79. The summed E-state index contributed by atoms with van der Waals surface area (Å²) in [6, 6.07) is 11.1. The van der Waals surface area contributed by atoms with Crippen molar-refractivity contribution in [3.8, 4) is 17.2 Å². The SMILES string of the molecule is COc1ccc(C(=O)NCC(c2ccc(OC)c(OC)c2)N2CCOCC2)cc1Br. The Kier molecular flexibility index (Phi) is 7.95. The number of nitrogens with one attached hydrogen (secondary N) is 1. The van der Waals surface area contributed by atoms with Gasteiger partial charge < -0.3 is 24.3 Å². The minimum absolute atomic E-state index is 0.0145. The van der Waals surface area contributed by atoms with Crippen LogP contribution in [0.25, 0.3) is 0 Å². The van der Waals surface area contributed by atoms with E-state index in [1.807, 2.05) is 18.2 Å². The van der Waals surface area contributed by atoms with Crippen LogP contribution < -0.4 is 19.5 Å². The summed E-state index contributed by atoms with van der Waals surface area (Å²) in [6.45, 7) is 3.39. The van der Waals surface area contributed by atoms with Crippen LogP contribution in [0.1, 0.15) is 22.0 Å². The summed E-state index contributed by atoms with van der Waals surface area (Å²) < 4.78 is 22.3. The lowest BCUT2D eigenvalue weighted by atomic mass is 10.0. The minimum Gasteiger partial charge on any atom is -0.496 e. The van der Waals surface area contributed by atoms with Crippen molar-refractivity contribution in [2.75, 3.05) is 54.2 Å². The van der Waals surface area contributed by atoms with Gasteiger partial charge in [0.15, 0.2) is 11.5 Å². The Bertz CT molecular complexity index is 871. The van der Waals surface area contributed by atoms with E-state index in [9.17, 15) is 4.79 Å². The summed E-state index contributed by atoms with van der Waals surface area (Å²) in [7, 11) is 4.83. The van der Waals surface area contributed by atoms with Crippen LogP contribution in [0.3, 0.4) is 0 Å². The van der Waals surface area contributed by atoms with Gasteiger partial charge >= 0.3 is 0 Å². The van der Waals surface area contributed by atoms with Crippen LogP contribution in [-0.2, 0) is 4.74 Å². The molecule has 8 heteroatoms. The number of nitrogens with zero attached hydrogens (tertiary/aromatic N) is 1. The highest BCUT2D eigenvalue weighted by molar-refractivity contribution is 9.10. The number of halogens is 1. The fourth-order valence-corrected chi connectivity index (χ4v) is 4.05. The first-order valence-corrected chi connectivity index (χ1v) is 10.5. The Morgan fingerprint density at radius 2 is 1.70 bits per heavy atom. The van der Waals surface area contributed by atoms with Crippen molar-refractivity contribution in [3.05, 3.63) is 52.0 Å². The molecule has 162 valence electrons. The predicted octanol–water partition coefficient (Wildman–Crippen LogP) is 3.28. The van der Waals surface area contributed by atoms with Crippen LogP contribution in [0, 0.1) is 0 Å². The van der Waals surface area contributed by atoms with Gasteiger partial charge in [-0.25, -0.2) is 0 Å². The van der Waals surface area contributed by atoms with Gasteiger partial charge in [0.25, 0.3) is 5.91 Å². The van der Waals surface area contributed by atoms with Crippen LogP contribution in [0.15, 0.2) is 40.9 Å². The molecule has 1 heterocycles. The van der Waals surface area contributed by atoms with Crippen LogP contribution in [-0.4, -0.2) is 65.0 Å². The van der Waals surface area contributed by atoms with Gasteiger partial charge in [-0.15, -0.1) is 0 Å². The molecule has 30 heavy (non-hydrogen) atoms. The maximum Gasteiger partial charge on any atom is 0.251 e. The first kappa shape index (κ1) is 22.4. The van der Waals surface area contributed by atoms with Crippen molar-refractivity contribution in [1.29, 1.82) is 0 Å². The maximum atomic E-state index is 12.8. The Labute approximate surface area is 185 Å². The number of morpholine rings is 1. The lowest BCUT2D eigenvalue weighted by Crippen LogP contribution is -2.43. The smallest absolute Gasteiger partial charge is 0.251 e. The second kappa shape index (κ2) is 10.7. The first-order chi connectivity index (χ1) is 14.6. The Morgan fingerprint density at radius 3 is 2.33 bits per heavy atom. The van der Waals surface area contributed by atoms with E-state index in [-0.39, 0.29) is 11.9 Å². The standard InChI is InChI=1S/C22H27BrN2O5/c1-27-19-6-5-16(12-17(19)23)22(26)24-14-18(25-8-10-30-11-9-25)15-4-7-20(28-2)21(13-15)29-3/h4-7,12-13,18H,8-11,14H2,1-3H3,(H,24,26). The second-order valence-corrected chi connectivity index (χ2v) is 7.69. The number of methoxy groups -OCH3 is 3. The number of amides is 1. The summed E-state index contributed by atoms with van der Waals surface area (Å²) >= 11 is 3.43.